The quantitative estimate of drug-likeness (QED) is 0.122. The lowest BCUT2D eigenvalue weighted by Crippen LogP contribution is -1.92. The second-order valence-corrected chi connectivity index (χ2v) is 17.8. The molecule has 0 N–H and O–H groups in total. The largest absolute Gasteiger partial charge is 0.0616 e. The summed E-state index contributed by atoms with van der Waals surface area (Å²) in [6.45, 7) is 0. The Morgan fingerprint density at radius 2 is 0.470 bits per heavy atom. The molecule has 0 aliphatic carbocycles. The van der Waals surface area contributed by atoms with E-state index in [1.54, 1.807) is 0 Å². The van der Waals surface area contributed by atoms with Gasteiger partial charge in [0.2, 0.25) is 0 Å². The van der Waals surface area contributed by atoms with E-state index in [4.69, 9.17) is 0 Å². The molecule has 0 unspecified atom stereocenters. The molecule has 0 aliphatic rings. The number of benzene rings is 14. The zero-order valence-electron chi connectivity index (χ0n) is 36.1. The molecule has 0 amide bonds. The first-order chi connectivity index (χ1) is 32.8. The zero-order valence-corrected chi connectivity index (χ0v) is 36.1. The van der Waals surface area contributed by atoms with Gasteiger partial charge in [-0.15, -0.1) is 0 Å². The Kier molecular flexibility index (Phi) is 8.08. The molecule has 0 saturated carbocycles. The fourth-order valence-electron chi connectivity index (χ4n) is 11.5. The Bertz CT molecular complexity index is 4190. The number of rotatable bonds is 4. The third kappa shape index (κ3) is 5.46. The minimum Gasteiger partial charge on any atom is -0.0616 e. The molecule has 0 bridgehead atoms. The van der Waals surface area contributed by atoms with Crippen molar-refractivity contribution in [3.8, 4) is 44.5 Å². The molecule has 0 fully saturated rings. The van der Waals surface area contributed by atoms with E-state index in [1.165, 1.54) is 141 Å². The maximum absolute atomic E-state index is 2.44. The summed E-state index contributed by atoms with van der Waals surface area (Å²) in [5.41, 5.74) is 10.0. The van der Waals surface area contributed by atoms with E-state index in [0.29, 0.717) is 0 Å². The maximum atomic E-state index is 2.44. The highest BCUT2D eigenvalue weighted by Gasteiger charge is 2.21. The SMILES string of the molecule is c1ccc2c(-c3c4ccccc4c(-c4ccc5ccc(-c6c7ccccc7c(-c7ccc8c9ccccc9c9ccccc9c8c7)c7ccccc67)cc5c4)c4ccccc34)cccc2c1. The van der Waals surface area contributed by atoms with Gasteiger partial charge in [0.05, 0.1) is 0 Å². The molecule has 0 aliphatic heterocycles. The van der Waals surface area contributed by atoms with Gasteiger partial charge in [-0.1, -0.05) is 224 Å². The van der Waals surface area contributed by atoms with Crippen molar-refractivity contribution in [1.82, 2.24) is 0 Å². The van der Waals surface area contributed by atoms with Gasteiger partial charge in [0.25, 0.3) is 0 Å². The molecular formula is C66H40. The van der Waals surface area contributed by atoms with Crippen LogP contribution < -0.4 is 0 Å². The zero-order chi connectivity index (χ0) is 43.3. The highest BCUT2D eigenvalue weighted by Crippen LogP contribution is 2.48. The predicted octanol–water partition coefficient (Wildman–Crippen LogP) is 18.7. The van der Waals surface area contributed by atoms with Crippen molar-refractivity contribution in [2.24, 2.45) is 0 Å². The van der Waals surface area contributed by atoms with E-state index in [2.05, 4.69) is 243 Å². The smallest absolute Gasteiger partial charge is 0.00201 e. The van der Waals surface area contributed by atoms with Crippen LogP contribution in [0.25, 0.3) is 141 Å². The van der Waals surface area contributed by atoms with Crippen LogP contribution >= 0.6 is 0 Å². The second-order valence-electron chi connectivity index (χ2n) is 17.8. The average molecular weight is 833 g/mol. The molecule has 304 valence electrons. The van der Waals surface area contributed by atoms with Crippen LogP contribution in [0.5, 0.6) is 0 Å². The van der Waals surface area contributed by atoms with Gasteiger partial charge in [0.1, 0.15) is 0 Å². The van der Waals surface area contributed by atoms with Crippen molar-refractivity contribution in [2.75, 3.05) is 0 Å². The lowest BCUT2D eigenvalue weighted by atomic mass is 9.83. The topological polar surface area (TPSA) is 0 Å². The van der Waals surface area contributed by atoms with Gasteiger partial charge in [0, 0.05) is 0 Å². The fraction of sp³-hybridized carbons (Fsp3) is 0. The normalized spacial score (nSPS) is 11.9. The van der Waals surface area contributed by atoms with E-state index < -0.39 is 0 Å². The van der Waals surface area contributed by atoms with Crippen molar-refractivity contribution in [3.05, 3.63) is 243 Å². The van der Waals surface area contributed by atoms with Crippen LogP contribution in [0.3, 0.4) is 0 Å². The van der Waals surface area contributed by atoms with Gasteiger partial charge in [0.15, 0.2) is 0 Å². The standard InChI is InChI=1S/C66H40/c1-2-18-47-42(16-1)17-15-31-53(47)66-60-29-13-11-27-58(60)64(59-28-12-14-30-61(59)66)44-35-33-41-32-34-43(38-46(41)39-44)63-54-23-7-9-25-56(54)65(57-26-10-8-24-55(57)63)45-36-37-52-50-21-4-3-19-48(50)49-20-5-6-22-51(49)62(52)40-45/h1-40H. The van der Waals surface area contributed by atoms with Gasteiger partial charge in [-0.25, -0.2) is 0 Å². The molecule has 0 radical (unpaired) electrons. The second kappa shape index (κ2) is 14.5. The number of hydrogen-bond acceptors (Lipinski definition) is 0. The molecule has 0 nitrogen and oxygen atoms in total. The molecule has 0 heterocycles. The Labute approximate surface area is 382 Å². The van der Waals surface area contributed by atoms with Crippen molar-refractivity contribution in [2.45, 2.75) is 0 Å². The van der Waals surface area contributed by atoms with E-state index in [0.717, 1.165) is 0 Å². The Morgan fingerprint density at radius 3 is 0.924 bits per heavy atom. The molecule has 0 atom stereocenters. The monoisotopic (exact) mass is 832 g/mol. The summed E-state index contributed by atoms with van der Waals surface area (Å²) in [5, 5.41) is 22.8. The Hall–Kier alpha value is -8.58. The summed E-state index contributed by atoms with van der Waals surface area (Å²) in [7, 11) is 0. The molecule has 14 aromatic rings. The van der Waals surface area contributed by atoms with Gasteiger partial charge in [-0.05, 0) is 160 Å². The summed E-state index contributed by atoms with van der Waals surface area (Å²) in [4.78, 5) is 0. The lowest BCUT2D eigenvalue weighted by Gasteiger charge is -2.20. The van der Waals surface area contributed by atoms with E-state index in [9.17, 15) is 0 Å². The molecule has 0 aromatic heterocycles. The average Bonchev–Trinajstić information content (AvgIpc) is 3.39. The molecular weight excluding hydrogens is 793 g/mol. The highest BCUT2D eigenvalue weighted by atomic mass is 14.2. The van der Waals surface area contributed by atoms with Gasteiger partial charge in [-0.3, -0.25) is 0 Å². The lowest BCUT2D eigenvalue weighted by molar-refractivity contribution is 1.67. The third-order valence-corrected chi connectivity index (χ3v) is 14.4. The number of hydrogen-bond donors (Lipinski definition) is 0. The Balaban J connectivity index is 0.979. The van der Waals surface area contributed by atoms with Crippen LogP contribution in [0.2, 0.25) is 0 Å². The van der Waals surface area contributed by atoms with Crippen LogP contribution in [-0.4, -0.2) is 0 Å². The Morgan fingerprint density at radius 1 is 0.152 bits per heavy atom. The van der Waals surface area contributed by atoms with E-state index in [-0.39, 0.29) is 0 Å². The van der Waals surface area contributed by atoms with Crippen molar-refractivity contribution < 1.29 is 0 Å². The van der Waals surface area contributed by atoms with Crippen molar-refractivity contribution in [3.63, 3.8) is 0 Å². The molecule has 14 rings (SSSR count). The van der Waals surface area contributed by atoms with Crippen LogP contribution in [0.15, 0.2) is 243 Å². The van der Waals surface area contributed by atoms with Crippen LogP contribution in [0, 0.1) is 0 Å². The minimum absolute atomic E-state index is 1.22. The third-order valence-electron chi connectivity index (χ3n) is 14.4. The maximum Gasteiger partial charge on any atom is -0.00201 e. The van der Waals surface area contributed by atoms with Crippen LogP contribution in [-0.2, 0) is 0 Å². The fourth-order valence-corrected chi connectivity index (χ4v) is 11.5. The molecule has 0 saturated heterocycles. The highest BCUT2D eigenvalue weighted by molar-refractivity contribution is 6.28. The van der Waals surface area contributed by atoms with Crippen LogP contribution in [0.1, 0.15) is 0 Å². The molecule has 0 heteroatoms. The first-order valence-electron chi connectivity index (χ1n) is 23.0. The summed E-state index contributed by atoms with van der Waals surface area (Å²) >= 11 is 0. The van der Waals surface area contributed by atoms with Gasteiger partial charge >= 0.3 is 0 Å². The molecule has 0 spiro atoms. The van der Waals surface area contributed by atoms with Crippen molar-refractivity contribution in [1.29, 1.82) is 0 Å². The minimum atomic E-state index is 1.22. The summed E-state index contributed by atoms with van der Waals surface area (Å²) in [6, 6.07) is 90.5. The molecule has 66 heavy (non-hydrogen) atoms. The summed E-state index contributed by atoms with van der Waals surface area (Å²) < 4.78 is 0. The van der Waals surface area contributed by atoms with E-state index in [1.807, 2.05) is 0 Å². The van der Waals surface area contributed by atoms with Gasteiger partial charge < -0.3 is 0 Å². The van der Waals surface area contributed by atoms with E-state index >= 15 is 0 Å². The van der Waals surface area contributed by atoms with Gasteiger partial charge in [-0.2, -0.15) is 0 Å². The van der Waals surface area contributed by atoms with Crippen molar-refractivity contribution >= 4 is 97.0 Å². The summed E-state index contributed by atoms with van der Waals surface area (Å²) in [5.74, 6) is 0. The number of fused-ring (bicyclic) bond motifs is 12. The first kappa shape index (κ1) is 36.9. The predicted molar refractivity (Wildman–Crippen MR) is 286 cm³/mol. The molecule has 14 aromatic carbocycles. The first-order valence-corrected chi connectivity index (χ1v) is 23.0. The summed E-state index contributed by atoms with van der Waals surface area (Å²) in [6.07, 6.45) is 0. The van der Waals surface area contributed by atoms with Crippen LogP contribution in [0.4, 0.5) is 0 Å².